The molecule has 6 heteroatoms. The van der Waals surface area contributed by atoms with Gasteiger partial charge in [-0.15, -0.1) is 11.3 Å². The summed E-state index contributed by atoms with van der Waals surface area (Å²) < 4.78 is 1.16. The molecule has 0 saturated heterocycles. The van der Waals surface area contributed by atoms with Crippen LogP contribution in [0.15, 0.2) is 36.2 Å². The van der Waals surface area contributed by atoms with Crippen molar-refractivity contribution in [1.82, 2.24) is 19.9 Å². The van der Waals surface area contributed by atoms with Crippen LogP contribution in [0.5, 0.6) is 0 Å². The Labute approximate surface area is 140 Å². The maximum Gasteiger partial charge on any atom is 0.150 e. The Kier molecular flexibility index (Phi) is 4.83. The van der Waals surface area contributed by atoms with Crippen molar-refractivity contribution in [2.75, 3.05) is 32.1 Å². The first-order valence-corrected chi connectivity index (χ1v) is 8.50. The van der Waals surface area contributed by atoms with Gasteiger partial charge in [0.05, 0.1) is 10.2 Å². The number of nitrogens with zero attached hydrogens (tertiary/aromatic N) is 5. The average Bonchev–Trinajstić information content (AvgIpc) is 2.94. The number of hydrogen-bond acceptors (Lipinski definition) is 6. The standard InChI is InChI=1S/C17H21N5S/c1-13-11-23-16-15(13)19-12-20-17(16)22(8-7-21(2)3)10-14-5-4-6-18-9-14/h4-6,9,11-12H,7-8,10H2,1-3H3. The van der Waals surface area contributed by atoms with Crippen LogP contribution in [-0.2, 0) is 6.54 Å². The average molecular weight is 327 g/mol. The number of aromatic nitrogens is 3. The summed E-state index contributed by atoms with van der Waals surface area (Å²) in [6, 6.07) is 4.08. The lowest BCUT2D eigenvalue weighted by Gasteiger charge is -2.25. The number of rotatable bonds is 6. The molecule has 0 unspecified atom stereocenters. The Balaban J connectivity index is 1.95. The second-order valence-electron chi connectivity index (χ2n) is 5.88. The van der Waals surface area contributed by atoms with E-state index in [0.29, 0.717) is 0 Å². The molecule has 0 aliphatic rings. The van der Waals surface area contributed by atoms with Gasteiger partial charge in [0.1, 0.15) is 12.1 Å². The van der Waals surface area contributed by atoms with E-state index in [1.54, 1.807) is 23.9 Å². The lowest BCUT2D eigenvalue weighted by molar-refractivity contribution is 0.412. The smallest absolute Gasteiger partial charge is 0.150 e. The number of pyridine rings is 1. The van der Waals surface area contributed by atoms with E-state index in [4.69, 9.17) is 0 Å². The van der Waals surface area contributed by atoms with Crippen molar-refractivity contribution in [2.45, 2.75) is 13.5 Å². The third kappa shape index (κ3) is 3.65. The highest BCUT2D eigenvalue weighted by Gasteiger charge is 2.15. The zero-order valence-electron chi connectivity index (χ0n) is 13.7. The zero-order valence-corrected chi connectivity index (χ0v) is 14.5. The minimum absolute atomic E-state index is 0.796. The molecule has 0 N–H and O–H groups in total. The Hall–Kier alpha value is -2.05. The molecule has 3 rings (SSSR count). The quantitative estimate of drug-likeness (QED) is 0.696. The summed E-state index contributed by atoms with van der Waals surface area (Å²) >= 11 is 1.72. The van der Waals surface area contributed by atoms with E-state index >= 15 is 0 Å². The molecule has 0 aliphatic carbocycles. The van der Waals surface area contributed by atoms with Crippen LogP contribution in [-0.4, -0.2) is 47.0 Å². The van der Waals surface area contributed by atoms with Gasteiger partial charge in [-0.25, -0.2) is 9.97 Å². The fraction of sp³-hybridized carbons (Fsp3) is 0.353. The molecular weight excluding hydrogens is 306 g/mol. The normalized spacial score (nSPS) is 11.3. The molecular formula is C17H21N5S. The number of hydrogen-bond donors (Lipinski definition) is 0. The van der Waals surface area contributed by atoms with Crippen LogP contribution in [0.25, 0.3) is 10.2 Å². The highest BCUT2D eigenvalue weighted by molar-refractivity contribution is 7.18. The van der Waals surface area contributed by atoms with E-state index in [2.05, 4.69) is 57.2 Å². The monoisotopic (exact) mass is 327 g/mol. The number of thiophene rings is 1. The summed E-state index contributed by atoms with van der Waals surface area (Å²) in [5.41, 5.74) is 3.45. The van der Waals surface area contributed by atoms with E-state index in [-0.39, 0.29) is 0 Å². The second kappa shape index (κ2) is 7.02. The molecule has 3 aromatic heterocycles. The van der Waals surface area contributed by atoms with E-state index in [1.807, 2.05) is 12.3 Å². The summed E-state index contributed by atoms with van der Waals surface area (Å²) in [4.78, 5) is 17.7. The largest absolute Gasteiger partial charge is 0.350 e. The lowest BCUT2D eigenvalue weighted by atomic mass is 10.2. The summed E-state index contributed by atoms with van der Waals surface area (Å²) in [6.07, 6.45) is 5.39. The summed E-state index contributed by atoms with van der Waals surface area (Å²) in [5.74, 6) is 1.01. The van der Waals surface area contributed by atoms with Gasteiger partial charge in [-0.1, -0.05) is 6.07 Å². The molecule has 0 radical (unpaired) electrons. The minimum atomic E-state index is 0.796. The molecule has 5 nitrogen and oxygen atoms in total. The van der Waals surface area contributed by atoms with Crippen molar-refractivity contribution in [1.29, 1.82) is 0 Å². The van der Waals surface area contributed by atoms with Crippen LogP contribution in [0.1, 0.15) is 11.1 Å². The third-order valence-electron chi connectivity index (χ3n) is 3.72. The van der Waals surface area contributed by atoms with E-state index < -0.39 is 0 Å². The van der Waals surface area contributed by atoms with Gasteiger partial charge in [0.15, 0.2) is 0 Å². The molecule has 120 valence electrons. The van der Waals surface area contributed by atoms with Crippen molar-refractivity contribution in [2.24, 2.45) is 0 Å². The Bertz CT molecular complexity index is 769. The molecule has 0 aromatic carbocycles. The molecule has 0 atom stereocenters. The van der Waals surface area contributed by atoms with Crippen molar-refractivity contribution < 1.29 is 0 Å². The predicted octanol–water partition coefficient (Wildman–Crippen LogP) is 2.96. The van der Waals surface area contributed by atoms with Gasteiger partial charge in [0.2, 0.25) is 0 Å². The van der Waals surface area contributed by atoms with Crippen molar-refractivity contribution in [3.05, 3.63) is 47.4 Å². The van der Waals surface area contributed by atoms with Crippen LogP contribution < -0.4 is 4.90 Å². The molecule has 0 saturated carbocycles. The topological polar surface area (TPSA) is 45.2 Å². The Morgan fingerprint density at radius 2 is 2.04 bits per heavy atom. The molecule has 0 aliphatic heterocycles. The number of fused-ring (bicyclic) bond motifs is 1. The Morgan fingerprint density at radius 3 is 2.78 bits per heavy atom. The van der Waals surface area contributed by atoms with E-state index in [0.717, 1.165) is 35.7 Å². The first kappa shape index (κ1) is 15.8. The molecule has 0 spiro atoms. The molecule has 0 bridgehead atoms. The maximum absolute atomic E-state index is 4.58. The van der Waals surface area contributed by atoms with Crippen LogP contribution in [0.4, 0.5) is 5.82 Å². The van der Waals surface area contributed by atoms with Crippen molar-refractivity contribution in [3.63, 3.8) is 0 Å². The van der Waals surface area contributed by atoms with E-state index in [1.165, 1.54) is 11.1 Å². The van der Waals surface area contributed by atoms with Gasteiger partial charge in [-0.3, -0.25) is 4.98 Å². The first-order chi connectivity index (χ1) is 11.1. The van der Waals surface area contributed by atoms with Crippen LogP contribution in [0.2, 0.25) is 0 Å². The SMILES string of the molecule is Cc1csc2c(N(CCN(C)C)Cc3cccnc3)ncnc12. The van der Waals surface area contributed by atoms with Crippen molar-refractivity contribution in [3.8, 4) is 0 Å². The van der Waals surface area contributed by atoms with Gasteiger partial charge in [-0.05, 0) is 43.6 Å². The van der Waals surface area contributed by atoms with Crippen molar-refractivity contribution >= 4 is 27.4 Å². The van der Waals surface area contributed by atoms with Gasteiger partial charge in [-0.2, -0.15) is 0 Å². The molecule has 0 fully saturated rings. The molecule has 23 heavy (non-hydrogen) atoms. The summed E-state index contributed by atoms with van der Waals surface area (Å²) in [5, 5.41) is 2.15. The summed E-state index contributed by atoms with van der Waals surface area (Å²) in [6.45, 7) is 4.77. The van der Waals surface area contributed by atoms with Gasteiger partial charge >= 0.3 is 0 Å². The van der Waals surface area contributed by atoms with Gasteiger partial charge < -0.3 is 9.80 Å². The molecule has 3 heterocycles. The number of anilines is 1. The Morgan fingerprint density at radius 1 is 1.17 bits per heavy atom. The second-order valence-corrected chi connectivity index (χ2v) is 6.76. The van der Waals surface area contributed by atoms with Crippen LogP contribution >= 0.6 is 11.3 Å². The lowest BCUT2D eigenvalue weighted by Crippen LogP contribution is -2.32. The first-order valence-electron chi connectivity index (χ1n) is 7.62. The molecule has 3 aromatic rings. The third-order valence-corrected chi connectivity index (χ3v) is 4.81. The van der Waals surface area contributed by atoms with Crippen LogP contribution in [0.3, 0.4) is 0 Å². The fourth-order valence-corrected chi connectivity index (χ4v) is 3.49. The zero-order chi connectivity index (χ0) is 16.2. The van der Waals surface area contributed by atoms with Crippen LogP contribution in [0, 0.1) is 6.92 Å². The predicted molar refractivity (Wildman–Crippen MR) is 96.0 cm³/mol. The minimum Gasteiger partial charge on any atom is -0.350 e. The highest BCUT2D eigenvalue weighted by atomic mass is 32.1. The fourth-order valence-electron chi connectivity index (χ4n) is 2.47. The number of aryl methyl sites for hydroxylation is 1. The maximum atomic E-state index is 4.58. The number of likely N-dealkylation sites (N-methyl/N-ethyl adjacent to an activating group) is 1. The highest BCUT2D eigenvalue weighted by Crippen LogP contribution is 2.31. The van der Waals surface area contributed by atoms with E-state index in [9.17, 15) is 0 Å². The summed E-state index contributed by atoms with van der Waals surface area (Å²) in [7, 11) is 4.18. The van der Waals surface area contributed by atoms with Gasteiger partial charge in [0.25, 0.3) is 0 Å². The van der Waals surface area contributed by atoms with Gasteiger partial charge in [0, 0.05) is 32.0 Å². The molecule has 0 amide bonds.